The third-order valence-corrected chi connectivity index (χ3v) is 6.27. The predicted octanol–water partition coefficient (Wildman–Crippen LogP) is -3.26. The fourth-order valence-corrected chi connectivity index (χ4v) is 4.36. The molecule has 0 bridgehead atoms. The molecule has 200 valence electrons. The van der Waals surface area contributed by atoms with E-state index in [4.69, 9.17) is 24.7 Å². The van der Waals surface area contributed by atoms with Gasteiger partial charge < -0.3 is 40.0 Å². The minimum atomic E-state index is -1.79. The maximum absolute atomic E-state index is 12.5. The molecule has 1 saturated heterocycles. The molecule has 1 fully saturated rings. The number of nitrogens with two attached hydrogens (primary N) is 1. The van der Waals surface area contributed by atoms with Crippen LogP contribution in [0.25, 0.3) is 0 Å². The molecule has 7 N–H and O–H groups in total. The zero-order chi connectivity index (χ0) is 26.9. The summed E-state index contributed by atoms with van der Waals surface area (Å²) in [5.74, 6) is -2.39. The lowest BCUT2D eigenvalue weighted by Gasteiger charge is -2.34. The fourth-order valence-electron chi connectivity index (χ4n) is 3.83. The van der Waals surface area contributed by atoms with Crippen molar-refractivity contribution in [3.63, 3.8) is 0 Å². The summed E-state index contributed by atoms with van der Waals surface area (Å²) >= 11 is 1.12. The van der Waals surface area contributed by atoms with Gasteiger partial charge in [-0.05, 0) is 6.08 Å². The van der Waals surface area contributed by atoms with E-state index in [0.717, 1.165) is 34.2 Å². The molecule has 2 aromatic rings. The molecule has 16 nitrogen and oxygen atoms in total. The van der Waals surface area contributed by atoms with E-state index in [1.165, 1.54) is 13.3 Å². The van der Waals surface area contributed by atoms with Crippen molar-refractivity contribution in [3.8, 4) is 0 Å². The fraction of sp³-hybridized carbons (Fsp3) is 0.450. The maximum Gasteiger partial charge on any atom is 0.330 e. The zero-order valence-electron chi connectivity index (χ0n) is 19.0. The predicted molar refractivity (Wildman–Crippen MR) is 122 cm³/mol. The van der Waals surface area contributed by atoms with Gasteiger partial charge in [0.05, 0.1) is 0 Å². The van der Waals surface area contributed by atoms with Gasteiger partial charge in [0.2, 0.25) is 12.2 Å². The second-order valence-corrected chi connectivity index (χ2v) is 8.84. The molecule has 0 radical (unpaired) electrons. The molecule has 0 spiro atoms. The third kappa shape index (κ3) is 5.47. The van der Waals surface area contributed by atoms with Crippen molar-refractivity contribution in [1.29, 1.82) is 0 Å². The second-order valence-electron chi connectivity index (χ2n) is 7.95. The Balaban J connectivity index is 1.55. The Bertz CT molecular complexity index is 1280. The van der Waals surface area contributed by atoms with Gasteiger partial charge in [0.15, 0.2) is 23.2 Å². The third-order valence-electron chi connectivity index (χ3n) is 5.58. The van der Waals surface area contributed by atoms with Gasteiger partial charge in [0.1, 0.15) is 30.5 Å². The standard InChI is InChI=1S/C20H23N5O11S/c1-33-12-11(29)17(25-4-2-9(27)23-20(25)32)35-13(12)14(15(21)30)36-18-10(28)7(26)6-8(34-18)16(31)24-19-22-3-5-37-19/h2-7,10-14,17-18,26,28-29H,1H3,(H2,21,30)(H,22,24,31)(H,23,27,32)/t7-,10-,11+,12-,13-,14+,17+,18+/m0/s1. The number of thiazole rings is 1. The summed E-state index contributed by atoms with van der Waals surface area (Å²) < 4.78 is 22.8. The molecule has 4 rings (SSSR count). The molecule has 8 atom stereocenters. The number of methoxy groups -OCH3 is 1. The summed E-state index contributed by atoms with van der Waals surface area (Å²) in [6, 6.07) is 1.02. The number of anilines is 1. The Labute approximate surface area is 210 Å². The van der Waals surface area contributed by atoms with E-state index < -0.39 is 78.0 Å². The van der Waals surface area contributed by atoms with Crippen LogP contribution in [0.4, 0.5) is 5.13 Å². The van der Waals surface area contributed by atoms with E-state index in [9.17, 15) is 34.5 Å². The highest BCUT2D eigenvalue weighted by atomic mass is 32.1. The first kappa shape index (κ1) is 26.6. The largest absolute Gasteiger partial charge is 0.456 e. The van der Waals surface area contributed by atoms with Gasteiger partial charge in [-0.3, -0.25) is 29.3 Å². The Morgan fingerprint density at radius 1 is 1.30 bits per heavy atom. The van der Waals surface area contributed by atoms with Crippen LogP contribution in [-0.2, 0) is 28.5 Å². The highest BCUT2D eigenvalue weighted by molar-refractivity contribution is 7.13. The minimum Gasteiger partial charge on any atom is -0.456 e. The molecule has 17 heteroatoms. The quantitative estimate of drug-likeness (QED) is 0.193. The van der Waals surface area contributed by atoms with Gasteiger partial charge >= 0.3 is 5.69 Å². The lowest BCUT2D eigenvalue weighted by atomic mass is 10.0. The van der Waals surface area contributed by atoms with Crippen molar-refractivity contribution < 1.29 is 43.9 Å². The number of aliphatic hydroxyl groups is 3. The number of primary amides is 1. The molecule has 2 aliphatic rings. The molecule has 0 saturated carbocycles. The van der Waals surface area contributed by atoms with Crippen LogP contribution in [0.1, 0.15) is 6.23 Å². The van der Waals surface area contributed by atoms with Crippen molar-refractivity contribution in [1.82, 2.24) is 14.5 Å². The number of aromatic nitrogens is 3. The molecule has 0 unspecified atom stereocenters. The van der Waals surface area contributed by atoms with Crippen LogP contribution >= 0.6 is 11.3 Å². The van der Waals surface area contributed by atoms with Crippen LogP contribution in [0.3, 0.4) is 0 Å². The summed E-state index contributed by atoms with van der Waals surface area (Å²) in [5.41, 5.74) is 3.91. The smallest absolute Gasteiger partial charge is 0.330 e. The number of rotatable bonds is 8. The van der Waals surface area contributed by atoms with E-state index in [2.05, 4.69) is 10.3 Å². The lowest BCUT2D eigenvalue weighted by molar-refractivity contribution is -0.241. The molecule has 2 amide bonds. The van der Waals surface area contributed by atoms with Gasteiger partial charge in [0.25, 0.3) is 11.5 Å². The molecule has 4 heterocycles. The first-order chi connectivity index (χ1) is 17.6. The molecule has 2 aliphatic heterocycles. The number of carbonyl (C=O) groups is 2. The number of carbonyl (C=O) groups excluding carboxylic acids is 2. The van der Waals surface area contributed by atoms with Crippen molar-refractivity contribution >= 4 is 28.3 Å². The van der Waals surface area contributed by atoms with E-state index in [1.807, 2.05) is 4.98 Å². The van der Waals surface area contributed by atoms with Crippen LogP contribution in [-0.4, -0.2) is 91.7 Å². The lowest BCUT2D eigenvalue weighted by Crippen LogP contribution is -2.53. The first-order valence-electron chi connectivity index (χ1n) is 10.7. The summed E-state index contributed by atoms with van der Waals surface area (Å²) in [6.07, 6.45) is -9.17. The average Bonchev–Trinajstić information content (AvgIpc) is 3.47. The first-order valence-corrected chi connectivity index (χ1v) is 11.6. The van der Waals surface area contributed by atoms with Crippen molar-refractivity contribution in [2.24, 2.45) is 5.73 Å². The van der Waals surface area contributed by atoms with Gasteiger partial charge in [-0.25, -0.2) is 9.78 Å². The van der Waals surface area contributed by atoms with Gasteiger partial charge in [-0.1, -0.05) is 0 Å². The number of hydrogen-bond acceptors (Lipinski definition) is 13. The molecular weight excluding hydrogens is 518 g/mol. The summed E-state index contributed by atoms with van der Waals surface area (Å²) in [5, 5.41) is 35.7. The summed E-state index contributed by atoms with van der Waals surface area (Å²) in [6.45, 7) is 0. The van der Waals surface area contributed by atoms with Gasteiger partial charge in [-0.15, -0.1) is 11.3 Å². The minimum absolute atomic E-state index is 0.238. The highest BCUT2D eigenvalue weighted by Crippen LogP contribution is 2.34. The number of hydrogen-bond donors (Lipinski definition) is 6. The van der Waals surface area contributed by atoms with Crippen molar-refractivity contribution in [2.45, 2.75) is 49.1 Å². The average molecular weight is 541 g/mol. The van der Waals surface area contributed by atoms with Crippen LogP contribution in [0.2, 0.25) is 0 Å². The topological polar surface area (TPSA) is 238 Å². The van der Waals surface area contributed by atoms with Gasteiger partial charge in [-0.2, -0.15) is 0 Å². The highest BCUT2D eigenvalue weighted by Gasteiger charge is 2.52. The number of amides is 2. The van der Waals surface area contributed by atoms with Crippen LogP contribution in [0, 0.1) is 0 Å². The maximum atomic E-state index is 12.5. The summed E-state index contributed by atoms with van der Waals surface area (Å²) in [4.78, 5) is 54.4. The molecule has 0 aliphatic carbocycles. The van der Waals surface area contributed by atoms with E-state index >= 15 is 0 Å². The number of nitrogens with zero attached hydrogens (tertiary/aromatic N) is 2. The Morgan fingerprint density at radius 2 is 2.05 bits per heavy atom. The number of H-pyrrole nitrogens is 1. The van der Waals surface area contributed by atoms with Crippen molar-refractivity contribution in [2.75, 3.05) is 12.4 Å². The van der Waals surface area contributed by atoms with Gasteiger partial charge in [0, 0.05) is 30.9 Å². The molecule has 2 aromatic heterocycles. The molecule has 0 aromatic carbocycles. The Kier molecular flexibility index (Phi) is 7.83. The van der Waals surface area contributed by atoms with Crippen LogP contribution in [0.5, 0.6) is 0 Å². The molecule has 37 heavy (non-hydrogen) atoms. The second kappa shape index (κ2) is 10.9. The molecular formula is C20H23N5O11S. The van der Waals surface area contributed by atoms with Crippen LogP contribution < -0.4 is 22.3 Å². The normalized spacial score (nSPS) is 30.3. The van der Waals surface area contributed by atoms with E-state index in [1.54, 1.807) is 5.38 Å². The SMILES string of the molecule is CO[C@H]1[C@@H](O)[C@H](n2ccc(=O)[nH]c2=O)O[C@@H]1[C@@H](O[C@H]1OC(C(=O)Nc2nccs2)=C[C@H](O)[C@@H]1O)C(N)=O. The Morgan fingerprint density at radius 3 is 2.68 bits per heavy atom. The number of nitrogens with one attached hydrogen (secondary N) is 2. The van der Waals surface area contributed by atoms with E-state index in [0.29, 0.717) is 0 Å². The zero-order valence-corrected chi connectivity index (χ0v) is 19.8. The summed E-state index contributed by atoms with van der Waals surface area (Å²) in [7, 11) is 1.19. The number of aliphatic hydroxyl groups excluding tert-OH is 3. The number of ether oxygens (including phenoxy) is 4. The monoisotopic (exact) mass is 541 g/mol. The number of aromatic amines is 1. The van der Waals surface area contributed by atoms with E-state index in [-0.39, 0.29) is 5.13 Å². The van der Waals surface area contributed by atoms with Crippen molar-refractivity contribution in [3.05, 3.63) is 56.5 Å². The van der Waals surface area contributed by atoms with Crippen LogP contribution in [0.15, 0.2) is 45.3 Å². The Hall–Kier alpha value is -3.45.